The lowest BCUT2D eigenvalue weighted by atomic mass is 10.1. The lowest BCUT2D eigenvalue weighted by Crippen LogP contribution is -2.31. The molecule has 3 aromatic carbocycles. The molecule has 172 valence electrons. The van der Waals surface area contributed by atoms with Gasteiger partial charge in [-0.2, -0.15) is 0 Å². The number of sulfonamides is 1. The Balaban J connectivity index is 1.39. The van der Waals surface area contributed by atoms with Gasteiger partial charge in [0.25, 0.3) is 0 Å². The average molecular weight is 467 g/mol. The molecule has 4 aromatic rings. The fraction of sp³-hybridized carbons (Fsp3) is 0.250. The topological polar surface area (TPSA) is 95.3 Å². The van der Waals surface area contributed by atoms with E-state index in [1.807, 2.05) is 60.7 Å². The molecule has 0 spiro atoms. The van der Waals surface area contributed by atoms with E-state index < -0.39 is 16.1 Å². The standard InChI is InChI=1S/C24H26N4O4S/c1-18(26-33(29,30)15-14-28-22-11-7-6-10-21(22)25-27-28)20-12-13-23(24(16-20)31-2)32-17-19-8-4-3-5-9-19/h3-13,16,18,26H,14-15,17H2,1-2H3/t18-/m0/s1. The average Bonchev–Trinajstić information content (AvgIpc) is 3.25. The van der Waals surface area contributed by atoms with Crippen LogP contribution in [-0.4, -0.2) is 36.3 Å². The fourth-order valence-electron chi connectivity index (χ4n) is 3.49. The minimum Gasteiger partial charge on any atom is -0.493 e. The molecule has 4 rings (SSSR count). The van der Waals surface area contributed by atoms with Crippen LogP contribution in [-0.2, 0) is 23.2 Å². The highest BCUT2D eigenvalue weighted by Crippen LogP contribution is 2.31. The molecule has 1 atom stereocenters. The van der Waals surface area contributed by atoms with Crippen LogP contribution in [0.3, 0.4) is 0 Å². The third-order valence-corrected chi connectivity index (χ3v) is 6.71. The highest BCUT2D eigenvalue weighted by molar-refractivity contribution is 7.89. The van der Waals surface area contributed by atoms with Gasteiger partial charge in [0, 0.05) is 6.04 Å². The molecule has 0 aliphatic heterocycles. The second-order valence-corrected chi connectivity index (χ2v) is 9.52. The number of aryl methyl sites for hydroxylation is 1. The number of fused-ring (bicyclic) bond motifs is 1. The van der Waals surface area contributed by atoms with E-state index in [-0.39, 0.29) is 12.3 Å². The van der Waals surface area contributed by atoms with Crippen molar-refractivity contribution in [3.63, 3.8) is 0 Å². The smallest absolute Gasteiger partial charge is 0.213 e. The monoisotopic (exact) mass is 466 g/mol. The zero-order valence-electron chi connectivity index (χ0n) is 18.5. The van der Waals surface area contributed by atoms with E-state index in [0.29, 0.717) is 18.1 Å². The molecule has 0 unspecified atom stereocenters. The summed E-state index contributed by atoms with van der Waals surface area (Å²) in [4.78, 5) is 0. The third kappa shape index (κ3) is 5.68. The van der Waals surface area contributed by atoms with E-state index >= 15 is 0 Å². The van der Waals surface area contributed by atoms with Crippen LogP contribution >= 0.6 is 0 Å². The van der Waals surface area contributed by atoms with Crippen LogP contribution < -0.4 is 14.2 Å². The number of hydrogen-bond donors (Lipinski definition) is 1. The Morgan fingerprint density at radius 3 is 2.55 bits per heavy atom. The van der Waals surface area contributed by atoms with Crippen LogP contribution in [0.4, 0.5) is 0 Å². The zero-order chi connectivity index (χ0) is 23.3. The van der Waals surface area contributed by atoms with E-state index in [9.17, 15) is 8.42 Å². The second-order valence-electron chi connectivity index (χ2n) is 7.64. The van der Waals surface area contributed by atoms with Gasteiger partial charge in [0.05, 0.1) is 24.9 Å². The predicted molar refractivity (Wildman–Crippen MR) is 127 cm³/mol. The van der Waals surface area contributed by atoms with Crippen molar-refractivity contribution < 1.29 is 17.9 Å². The molecule has 33 heavy (non-hydrogen) atoms. The Morgan fingerprint density at radius 1 is 1.00 bits per heavy atom. The molecule has 1 heterocycles. The molecule has 0 amide bonds. The molecule has 0 fully saturated rings. The van der Waals surface area contributed by atoms with Gasteiger partial charge >= 0.3 is 0 Å². The molecular weight excluding hydrogens is 440 g/mol. The highest BCUT2D eigenvalue weighted by atomic mass is 32.2. The Kier molecular flexibility index (Phi) is 6.90. The number of para-hydroxylation sites is 1. The number of rotatable bonds is 10. The lowest BCUT2D eigenvalue weighted by molar-refractivity contribution is 0.284. The maximum atomic E-state index is 12.7. The number of benzene rings is 3. The number of methoxy groups -OCH3 is 1. The quantitative estimate of drug-likeness (QED) is 0.383. The summed E-state index contributed by atoms with van der Waals surface area (Å²) in [5, 5.41) is 8.11. The molecule has 0 radical (unpaired) electrons. The van der Waals surface area contributed by atoms with Crippen LogP contribution in [0.25, 0.3) is 11.0 Å². The van der Waals surface area contributed by atoms with Gasteiger partial charge in [-0.05, 0) is 42.3 Å². The summed E-state index contributed by atoms with van der Waals surface area (Å²) in [6.45, 7) is 2.41. The summed E-state index contributed by atoms with van der Waals surface area (Å²) >= 11 is 0. The third-order valence-electron chi connectivity index (χ3n) is 5.27. The van der Waals surface area contributed by atoms with Crippen molar-refractivity contribution >= 4 is 21.1 Å². The number of hydrogen-bond acceptors (Lipinski definition) is 6. The maximum Gasteiger partial charge on any atom is 0.213 e. The first-order chi connectivity index (χ1) is 15.9. The van der Waals surface area contributed by atoms with Crippen molar-refractivity contribution in [1.82, 2.24) is 19.7 Å². The van der Waals surface area contributed by atoms with Crippen molar-refractivity contribution in [2.75, 3.05) is 12.9 Å². The molecule has 0 aliphatic rings. The van der Waals surface area contributed by atoms with Crippen molar-refractivity contribution in [2.24, 2.45) is 0 Å². The van der Waals surface area contributed by atoms with Crippen LogP contribution in [0, 0.1) is 0 Å². The summed E-state index contributed by atoms with van der Waals surface area (Å²) < 4.78 is 41.1. The molecule has 0 saturated heterocycles. The minimum absolute atomic E-state index is 0.111. The van der Waals surface area contributed by atoms with E-state index in [0.717, 1.165) is 22.2 Å². The Morgan fingerprint density at radius 2 is 1.76 bits per heavy atom. The molecule has 8 nitrogen and oxygen atoms in total. The van der Waals surface area contributed by atoms with Crippen LogP contribution in [0.5, 0.6) is 11.5 Å². The highest BCUT2D eigenvalue weighted by Gasteiger charge is 2.18. The van der Waals surface area contributed by atoms with Gasteiger partial charge in [-0.1, -0.05) is 53.7 Å². The Bertz CT molecular complexity index is 1320. The second kappa shape index (κ2) is 10.0. The van der Waals surface area contributed by atoms with Crippen molar-refractivity contribution in [2.45, 2.75) is 26.1 Å². The Labute approximate surface area is 193 Å². The predicted octanol–water partition coefficient (Wildman–Crippen LogP) is 3.70. The summed E-state index contributed by atoms with van der Waals surface area (Å²) in [7, 11) is -2.00. The fourth-order valence-corrected chi connectivity index (χ4v) is 4.70. The van der Waals surface area contributed by atoms with Crippen LogP contribution in [0.2, 0.25) is 0 Å². The van der Waals surface area contributed by atoms with E-state index in [4.69, 9.17) is 9.47 Å². The Hall–Kier alpha value is -3.43. The van der Waals surface area contributed by atoms with Gasteiger partial charge in [0.15, 0.2) is 11.5 Å². The summed E-state index contributed by atoms with van der Waals surface area (Å²) in [6.07, 6.45) is 0. The summed E-state index contributed by atoms with van der Waals surface area (Å²) in [5.74, 6) is 1.03. The zero-order valence-corrected chi connectivity index (χ0v) is 19.3. The molecule has 1 N–H and O–H groups in total. The largest absolute Gasteiger partial charge is 0.493 e. The van der Waals surface area contributed by atoms with Gasteiger partial charge in [-0.3, -0.25) is 0 Å². The van der Waals surface area contributed by atoms with Gasteiger partial charge in [0.1, 0.15) is 12.1 Å². The molecule has 9 heteroatoms. The number of aromatic nitrogens is 3. The van der Waals surface area contributed by atoms with Crippen LogP contribution in [0.15, 0.2) is 72.8 Å². The first kappa shape index (κ1) is 22.8. The molecule has 0 bridgehead atoms. The van der Waals surface area contributed by atoms with E-state index in [1.165, 1.54) is 0 Å². The molecule has 0 saturated carbocycles. The summed E-state index contributed by atoms with van der Waals surface area (Å²) in [5.41, 5.74) is 3.35. The molecule has 1 aromatic heterocycles. The molecular formula is C24H26N4O4S. The minimum atomic E-state index is -3.56. The van der Waals surface area contributed by atoms with E-state index in [1.54, 1.807) is 30.8 Å². The number of nitrogens with zero attached hydrogens (tertiary/aromatic N) is 3. The van der Waals surface area contributed by atoms with Crippen molar-refractivity contribution in [1.29, 1.82) is 0 Å². The SMILES string of the molecule is COc1cc([C@H](C)NS(=O)(=O)CCn2nnc3ccccc32)ccc1OCc1ccccc1. The van der Waals surface area contributed by atoms with E-state index in [2.05, 4.69) is 15.0 Å². The lowest BCUT2D eigenvalue weighted by Gasteiger charge is -2.17. The molecule has 0 aliphatic carbocycles. The summed E-state index contributed by atoms with van der Waals surface area (Å²) in [6, 6.07) is 22.3. The maximum absolute atomic E-state index is 12.7. The number of nitrogens with one attached hydrogen (secondary N) is 1. The normalized spacial score (nSPS) is 12.5. The first-order valence-electron chi connectivity index (χ1n) is 10.6. The van der Waals surface area contributed by atoms with Crippen molar-refractivity contribution in [3.8, 4) is 11.5 Å². The number of ether oxygens (including phenoxy) is 2. The van der Waals surface area contributed by atoms with Gasteiger partial charge in [-0.25, -0.2) is 17.8 Å². The van der Waals surface area contributed by atoms with Crippen LogP contribution in [0.1, 0.15) is 24.1 Å². The first-order valence-corrected chi connectivity index (χ1v) is 12.2. The van der Waals surface area contributed by atoms with Crippen molar-refractivity contribution in [3.05, 3.63) is 83.9 Å². The van der Waals surface area contributed by atoms with Gasteiger partial charge in [0.2, 0.25) is 10.0 Å². The van der Waals surface area contributed by atoms with Gasteiger partial charge in [-0.15, -0.1) is 5.10 Å². The van der Waals surface area contributed by atoms with Gasteiger partial charge < -0.3 is 9.47 Å².